The molecule has 1 aromatic heterocycles. The van der Waals surface area contributed by atoms with Gasteiger partial charge in [0.05, 0.1) is 5.69 Å². The topological polar surface area (TPSA) is 50.2 Å². The molecule has 1 heterocycles. The van der Waals surface area contributed by atoms with Crippen molar-refractivity contribution >= 4 is 23.6 Å². The number of rotatable bonds is 2. The lowest BCUT2D eigenvalue weighted by Gasteiger charge is -1.77. The van der Waals surface area contributed by atoms with E-state index < -0.39 is 5.97 Å². The van der Waals surface area contributed by atoms with Crippen LogP contribution in [0.2, 0.25) is 0 Å². The number of hydrogen-bond donors (Lipinski definition) is 1. The molecule has 0 atom stereocenters. The van der Waals surface area contributed by atoms with E-state index >= 15 is 0 Å². The summed E-state index contributed by atoms with van der Waals surface area (Å²) in [6, 6.07) is 1.84. The van der Waals surface area contributed by atoms with Crippen LogP contribution < -0.4 is 0 Å². The number of aryl methyl sites for hydroxylation is 1. The number of aliphatic carboxylic acids is 1. The largest absolute Gasteiger partial charge is 0.478 e. The molecule has 0 aromatic carbocycles. The van der Waals surface area contributed by atoms with Crippen molar-refractivity contribution in [2.75, 3.05) is 0 Å². The van der Waals surface area contributed by atoms with Gasteiger partial charge in [-0.05, 0) is 30.6 Å². The smallest absolute Gasteiger partial charge is 0.328 e. The first kappa shape index (κ1) is 7.94. The van der Waals surface area contributed by atoms with Crippen molar-refractivity contribution in [2.24, 2.45) is 0 Å². The van der Waals surface area contributed by atoms with Gasteiger partial charge in [-0.3, -0.25) is 0 Å². The molecule has 0 fully saturated rings. The zero-order valence-corrected chi connectivity index (χ0v) is 6.76. The molecule has 0 aliphatic rings. The van der Waals surface area contributed by atoms with Gasteiger partial charge in [-0.25, -0.2) is 4.79 Å². The van der Waals surface area contributed by atoms with E-state index in [-0.39, 0.29) is 0 Å². The maximum Gasteiger partial charge on any atom is 0.328 e. The third-order valence-corrected chi connectivity index (χ3v) is 1.88. The normalized spacial score (nSPS) is 10.6. The highest BCUT2D eigenvalue weighted by molar-refractivity contribution is 7.06. The van der Waals surface area contributed by atoms with Crippen molar-refractivity contribution in [1.82, 2.24) is 4.37 Å². The van der Waals surface area contributed by atoms with Gasteiger partial charge >= 0.3 is 5.97 Å². The quantitative estimate of drug-likeness (QED) is 0.683. The molecule has 11 heavy (non-hydrogen) atoms. The van der Waals surface area contributed by atoms with Crippen LogP contribution in [0.15, 0.2) is 12.1 Å². The molecule has 0 saturated heterocycles. The predicted molar refractivity (Wildman–Crippen MR) is 43.5 cm³/mol. The summed E-state index contributed by atoms with van der Waals surface area (Å²) in [5.74, 6) is -0.934. The molecule has 0 unspecified atom stereocenters. The molecule has 0 radical (unpaired) electrons. The number of carboxylic acids is 1. The molecule has 0 bridgehead atoms. The Balaban J connectivity index is 2.71. The molecule has 3 nitrogen and oxygen atoms in total. The van der Waals surface area contributed by atoms with Crippen molar-refractivity contribution in [2.45, 2.75) is 6.92 Å². The number of carboxylic acid groups (broad SMARTS) is 1. The average molecular weight is 169 g/mol. The van der Waals surface area contributed by atoms with Gasteiger partial charge in [0.15, 0.2) is 0 Å². The predicted octanol–water partition coefficient (Wildman–Crippen LogP) is 1.55. The third kappa shape index (κ3) is 2.51. The summed E-state index contributed by atoms with van der Waals surface area (Å²) < 4.78 is 3.99. The van der Waals surface area contributed by atoms with E-state index in [2.05, 4.69) is 4.37 Å². The van der Waals surface area contributed by atoms with Gasteiger partial charge in [0.25, 0.3) is 0 Å². The first-order chi connectivity index (χ1) is 5.18. The summed E-state index contributed by atoms with van der Waals surface area (Å²) in [5, 5.41) is 8.28. The summed E-state index contributed by atoms with van der Waals surface area (Å²) >= 11 is 1.29. The maximum atomic E-state index is 10.1. The number of nitrogens with zero attached hydrogens (tertiary/aromatic N) is 1. The van der Waals surface area contributed by atoms with Crippen LogP contribution >= 0.6 is 11.5 Å². The molecule has 4 heteroatoms. The van der Waals surface area contributed by atoms with Gasteiger partial charge in [-0.2, -0.15) is 4.37 Å². The van der Waals surface area contributed by atoms with Gasteiger partial charge in [-0.15, -0.1) is 0 Å². The molecule has 1 aromatic rings. The monoisotopic (exact) mass is 169 g/mol. The molecular formula is C7H7NO2S. The average Bonchev–Trinajstić information content (AvgIpc) is 2.31. The van der Waals surface area contributed by atoms with Crippen LogP contribution in [0.1, 0.15) is 10.6 Å². The Labute approximate surface area is 68.2 Å². The number of carbonyl (C=O) groups is 1. The molecule has 58 valence electrons. The summed E-state index contributed by atoms with van der Waals surface area (Å²) in [5.41, 5.74) is 0.917. The minimum absolute atomic E-state index is 0.866. The molecule has 0 spiro atoms. The highest BCUT2D eigenvalue weighted by atomic mass is 32.1. The standard InChI is InChI=1S/C7H7NO2S/c1-5-4-6(11-8-5)2-3-7(9)10/h2-4H,1H3,(H,9,10)/b3-2+. The Morgan fingerprint density at radius 2 is 2.55 bits per heavy atom. The van der Waals surface area contributed by atoms with E-state index in [1.165, 1.54) is 17.6 Å². The van der Waals surface area contributed by atoms with Crippen molar-refractivity contribution in [1.29, 1.82) is 0 Å². The Kier molecular flexibility index (Phi) is 2.38. The first-order valence-corrected chi connectivity index (χ1v) is 3.80. The summed E-state index contributed by atoms with van der Waals surface area (Å²) in [6.45, 7) is 1.87. The maximum absolute atomic E-state index is 10.1. The van der Waals surface area contributed by atoms with Crippen molar-refractivity contribution in [3.63, 3.8) is 0 Å². The first-order valence-electron chi connectivity index (χ1n) is 3.03. The van der Waals surface area contributed by atoms with Crippen LogP contribution in [-0.4, -0.2) is 15.4 Å². The van der Waals surface area contributed by atoms with E-state index in [1.54, 1.807) is 0 Å². The molecule has 1 rings (SSSR count). The van der Waals surface area contributed by atoms with Gasteiger partial charge in [0, 0.05) is 11.0 Å². The Morgan fingerprint density at radius 1 is 1.82 bits per heavy atom. The van der Waals surface area contributed by atoms with Crippen LogP contribution in [0, 0.1) is 6.92 Å². The second-order valence-electron chi connectivity index (χ2n) is 2.04. The Bertz CT molecular complexity index is 290. The van der Waals surface area contributed by atoms with Crippen LogP contribution in [-0.2, 0) is 4.79 Å². The lowest BCUT2D eigenvalue weighted by molar-refractivity contribution is -0.131. The van der Waals surface area contributed by atoms with E-state index in [0.29, 0.717) is 0 Å². The van der Waals surface area contributed by atoms with Crippen molar-refractivity contribution in [3.05, 3.63) is 22.7 Å². The molecule has 0 aliphatic carbocycles. The molecule has 0 amide bonds. The molecular weight excluding hydrogens is 162 g/mol. The van der Waals surface area contributed by atoms with Crippen molar-refractivity contribution in [3.8, 4) is 0 Å². The number of hydrogen-bond acceptors (Lipinski definition) is 3. The van der Waals surface area contributed by atoms with Crippen LogP contribution in [0.25, 0.3) is 6.08 Å². The lowest BCUT2D eigenvalue weighted by atomic mass is 10.4. The lowest BCUT2D eigenvalue weighted by Crippen LogP contribution is -1.84. The Morgan fingerprint density at radius 3 is 3.00 bits per heavy atom. The minimum Gasteiger partial charge on any atom is -0.478 e. The fourth-order valence-electron chi connectivity index (χ4n) is 0.615. The van der Waals surface area contributed by atoms with Crippen LogP contribution in [0.3, 0.4) is 0 Å². The second kappa shape index (κ2) is 3.30. The highest BCUT2D eigenvalue weighted by Gasteiger charge is 1.93. The third-order valence-electron chi connectivity index (χ3n) is 1.04. The fraction of sp³-hybridized carbons (Fsp3) is 0.143. The van der Waals surface area contributed by atoms with E-state index in [1.807, 2.05) is 13.0 Å². The number of aromatic nitrogens is 1. The fourth-order valence-corrected chi connectivity index (χ4v) is 1.27. The van der Waals surface area contributed by atoms with Crippen LogP contribution in [0.5, 0.6) is 0 Å². The minimum atomic E-state index is -0.934. The van der Waals surface area contributed by atoms with E-state index in [9.17, 15) is 4.79 Å². The van der Waals surface area contributed by atoms with E-state index in [4.69, 9.17) is 5.11 Å². The van der Waals surface area contributed by atoms with Gasteiger partial charge in [0.2, 0.25) is 0 Å². The zero-order valence-electron chi connectivity index (χ0n) is 5.94. The van der Waals surface area contributed by atoms with E-state index in [0.717, 1.165) is 16.6 Å². The zero-order chi connectivity index (χ0) is 8.27. The molecule has 1 N–H and O–H groups in total. The molecule has 0 aliphatic heterocycles. The Hall–Kier alpha value is -1.16. The van der Waals surface area contributed by atoms with Crippen molar-refractivity contribution < 1.29 is 9.90 Å². The van der Waals surface area contributed by atoms with Gasteiger partial charge < -0.3 is 5.11 Å². The SMILES string of the molecule is Cc1cc(/C=C/C(=O)O)sn1. The second-order valence-corrected chi connectivity index (χ2v) is 2.88. The summed E-state index contributed by atoms with van der Waals surface area (Å²) in [7, 11) is 0. The van der Waals surface area contributed by atoms with Crippen LogP contribution in [0.4, 0.5) is 0 Å². The summed E-state index contributed by atoms with van der Waals surface area (Å²) in [4.78, 5) is 10.9. The van der Waals surface area contributed by atoms with Gasteiger partial charge in [0.1, 0.15) is 0 Å². The van der Waals surface area contributed by atoms with Gasteiger partial charge in [-0.1, -0.05) is 0 Å². The summed E-state index contributed by atoms with van der Waals surface area (Å²) in [6.07, 6.45) is 2.64. The highest BCUT2D eigenvalue weighted by Crippen LogP contribution is 2.10. The molecule has 0 saturated carbocycles.